The fourth-order valence-corrected chi connectivity index (χ4v) is 3.42. The number of amides is 1. The third-order valence-electron chi connectivity index (χ3n) is 5.15. The Balaban J connectivity index is 1.57. The fraction of sp³-hybridized carbons (Fsp3) is 0.0741. The van der Waals surface area contributed by atoms with Gasteiger partial charge in [0.1, 0.15) is 5.75 Å². The molecule has 0 aliphatic carbocycles. The van der Waals surface area contributed by atoms with Crippen molar-refractivity contribution in [2.24, 2.45) is 0 Å². The van der Waals surface area contributed by atoms with E-state index in [-0.39, 0.29) is 5.91 Å². The molecule has 30 heavy (non-hydrogen) atoms. The van der Waals surface area contributed by atoms with Gasteiger partial charge in [0.15, 0.2) is 0 Å². The summed E-state index contributed by atoms with van der Waals surface area (Å²) in [4.78, 5) is 12.8. The van der Waals surface area contributed by atoms with Gasteiger partial charge in [-0.1, -0.05) is 60.7 Å². The highest BCUT2D eigenvalue weighted by Crippen LogP contribution is 2.28. The summed E-state index contributed by atoms with van der Waals surface area (Å²) in [6.07, 6.45) is 0. The SMILES string of the molecule is COc1ccc(NC(=O)c2ccc(C)c(-c3ccc(-c4ccccc4)cc3)c2)cc1. The third kappa shape index (κ3) is 4.26. The molecule has 1 N–H and O–H groups in total. The van der Waals surface area contributed by atoms with Crippen molar-refractivity contribution in [2.75, 3.05) is 12.4 Å². The number of hydrogen-bond acceptors (Lipinski definition) is 2. The van der Waals surface area contributed by atoms with E-state index in [0.717, 1.165) is 28.1 Å². The average Bonchev–Trinajstić information content (AvgIpc) is 2.80. The Morgan fingerprint density at radius 1 is 0.733 bits per heavy atom. The molecule has 3 nitrogen and oxygen atoms in total. The van der Waals surface area contributed by atoms with Gasteiger partial charge in [-0.15, -0.1) is 0 Å². The minimum Gasteiger partial charge on any atom is -0.497 e. The first-order valence-corrected chi connectivity index (χ1v) is 9.86. The van der Waals surface area contributed by atoms with Gasteiger partial charge in [-0.3, -0.25) is 4.79 Å². The molecular formula is C27H23NO2. The normalized spacial score (nSPS) is 10.5. The van der Waals surface area contributed by atoms with Gasteiger partial charge in [-0.2, -0.15) is 0 Å². The molecule has 4 aromatic carbocycles. The minimum atomic E-state index is -0.137. The number of nitrogens with one attached hydrogen (secondary N) is 1. The zero-order chi connectivity index (χ0) is 20.9. The molecule has 0 aliphatic heterocycles. The number of ether oxygens (including phenoxy) is 1. The summed E-state index contributed by atoms with van der Waals surface area (Å²) in [6.45, 7) is 2.06. The standard InChI is InChI=1S/C27H23NO2/c1-19-8-9-23(27(29)28-24-14-16-25(30-2)17-15-24)18-26(19)22-12-10-21(11-13-22)20-6-4-3-5-7-20/h3-18H,1-2H3,(H,28,29). The summed E-state index contributed by atoms with van der Waals surface area (Å²) in [5.74, 6) is 0.617. The lowest BCUT2D eigenvalue weighted by molar-refractivity contribution is 0.102. The highest BCUT2D eigenvalue weighted by Gasteiger charge is 2.10. The van der Waals surface area contributed by atoms with Crippen molar-refractivity contribution in [3.05, 3.63) is 108 Å². The van der Waals surface area contributed by atoms with E-state index in [9.17, 15) is 4.79 Å². The van der Waals surface area contributed by atoms with E-state index in [1.165, 1.54) is 11.1 Å². The Labute approximate surface area is 177 Å². The Kier molecular flexibility index (Phi) is 5.62. The monoisotopic (exact) mass is 393 g/mol. The van der Waals surface area contributed by atoms with Gasteiger partial charge in [0.05, 0.1) is 7.11 Å². The van der Waals surface area contributed by atoms with Crippen LogP contribution in [0.15, 0.2) is 97.1 Å². The highest BCUT2D eigenvalue weighted by molar-refractivity contribution is 6.05. The van der Waals surface area contributed by atoms with E-state index < -0.39 is 0 Å². The van der Waals surface area contributed by atoms with Crippen LogP contribution in [0.3, 0.4) is 0 Å². The molecule has 0 spiro atoms. The second kappa shape index (κ2) is 8.66. The maximum absolute atomic E-state index is 12.8. The summed E-state index contributed by atoms with van der Waals surface area (Å²) < 4.78 is 5.16. The number of anilines is 1. The molecule has 0 aromatic heterocycles. The highest BCUT2D eigenvalue weighted by atomic mass is 16.5. The molecule has 0 radical (unpaired) electrons. The van der Waals surface area contributed by atoms with Crippen LogP contribution >= 0.6 is 0 Å². The van der Waals surface area contributed by atoms with Gasteiger partial charge in [0, 0.05) is 11.3 Å². The van der Waals surface area contributed by atoms with Crippen molar-refractivity contribution >= 4 is 11.6 Å². The molecule has 0 aliphatic rings. The van der Waals surface area contributed by atoms with Crippen molar-refractivity contribution in [2.45, 2.75) is 6.92 Å². The zero-order valence-electron chi connectivity index (χ0n) is 17.1. The largest absolute Gasteiger partial charge is 0.497 e. The Morgan fingerprint density at radius 2 is 1.37 bits per heavy atom. The predicted octanol–water partition coefficient (Wildman–Crippen LogP) is 6.59. The van der Waals surface area contributed by atoms with Gasteiger partial charge < -0.3 is 10.1 Å². The van der Waals surface area contributed by atoms with Crippen LogP contribution in [0.2, 0.25) is 0 Å². The maximum Gasteiger partial charge on any atom is 0.255 e. The van der Waals surface area contributed by atoms with Crippen LogP contribution in [-0.4, -0.2) is 13.0 Å². The van der Waals surface area contributed by atoms with Crippen LogP contribution in [0, 0.1) is 6.92 Å². The van der Waals surface area contributed by atoms with Gasteiger partial charge in [0.25, 0.3) is 5.91 Å². The molecule has 0 saturated heterocycles. The third-order valence-corrected chi connectivity index (χ3v) is 5.15. The van der Waals surface area contributed by atoms with E-state index in [4.69, 9.17) is 4.74 Å². The van der Waals surface area contributed by atoms with Crippen molar-refractivity contribution in [3.8, 4) is 28.0 Å². The van der Waals surface area contributed by atoms with Crippen molar-refractivity contribution < 1.29 is 9.53 Å². The number of methoxy groups -OCH3 is 1. The lowest BCUT2D eigenvalue weighted by atomic mass is 9.95. The Morgan fingerprint density at radius 3 is 2.03 bits per heavy atom. The summed E-state index contributed by atoms with van der Waals surface area (Å²) in [6, 6.07) is 31.9. The van der Waals surface area contributed by atoms with Crippen LogP contribution in [0.5, 0.6) is 5.75 Å². The first kappa shape index (κ1) is 19.5. The first-order chi connectivity index (χ1) is 14.6. The van der Waals surface area contributed by atoms with Gasteiger partial charge in [-0.25, -0.2) is 0 Å². The average molecular weight is 393 g/mol. The Hall–Kier alpha value is -3.85. The summed E-state index contributed by atoms with van der Waals surface area (Å²) in [7, 11) is 1.62. The second-order valence-electron chi connectivity index (χ2n) is 7.16. The summed E-state index contributed by atoms with van der Waals surface area (Å²) in [5, 5.41) is 2.94. The summed E-state index contributed by atoms with van der Waals surface area (Å²) >= 11 is 0. The molecule has 0 unspecified atom stereocenters. The number of rotatable bonds is 5. The molecule has 3 heteroatoms. The molecule has 0 heterocycles. The molecular weight excluding hydrogens is 370 g/mol. The topological polar surface area (TPSA) is 38.3 Å². The number of hydrogen-bond donors (Lipinski definition) is 1. The van der Waals surface area contributed by atoms with Crippen molar-refractivity contribution in [3.63, 3.8) is 0 Å². The van der Waals surface area contributed by atoms with Gasteiger partial charge in [0.2, 0.25) is 0 Å². The number of carbonyl (C=O) groups excluding carboxylic acids is 1. The van der Waals surface area contributed by atoms with E-state index >= 15 is 0 Å². The number of aryl methyl sites for hydroxylation is 1. The number of benzene rings is 4. The minimum absolute atomic E-state index is 0.137. The molecule has 0 atom stereocenters. The lowest BCUT2D eigenvalue weighted by Gasteiger charge is -2.11. The molecule has 0 fully saturated rings. The molecule has 1 amide bonds. The van der Waals surface area contributed by atoms with Crippen LogP contribution in [0.25, 0.3) is 22.3 Å². The summed E-state index contributed by atoms with van der Waals surface area (Å²) in [5.41, 5.74) is 6.99. The van der Waals surface area contributed by atoms with Crippen LogP contribution in [0.4, 0.5) is 5.69 Å². The number of carbonyl (C=O) groups is 1. The molecule has 4 aromatic rings. The second-order valence-corrected chi connectivity index (χ2v) is 7.16. The fourth-order valence-electron chi connectivity index (χ4n) is 3.42. The van der Waals surface area contributed by atoms with Crippen molar-refractivity contribution in [1.82, 2.24) is 0 Å². The van der Waals surface area contributed by atoms with Gasteiger partial charge in [-0.05, 0) is 71.1 Å². The van der Waals surface area contributed by atoms with Gasteiger partial charge >= 0.3 is 0 Å². The van der Waals surface area contributed by atoms with Crippen molar-refractivity contribution in [1.29, 1.82) is 0 Å². The van der Waals surface area contributed by atoms with E-state index in [0.29, 0.717) is 5.56 Å². The molecule has 4 rings (SSSR count). The van der Waals surface area contributed by atoms with Crippen LogP contribution in [-0.2, 0) is 0 Å². The van der Waals surface area contributed by atoms with E-state index in [2.05, 4.69) is 48.6 Å². The first-order valence-electron chi connectivity index (χ1n) is 9.86. The quantitative estimate of drug-likeness (QED) is 0.415. The molecule has 0 saturated carbocycles. The van der Waals surface area contributed by atoms with E-state index in [1.807, 2.05) is 60.7 Å². The molecule has 148 valence electrons. The zero-order valence-corrected chi connectivity index (χ0v) is 17.1. The maximum atomic E-state index is 12.8. The lowest BCUT2D eigenvalue weighted by Crippen LogP contribution is -2.12. The van der Waals surface area contributed by atoms with E-state index in [1.54, 1.807) is 7.11 Å². The smallest absolute Gasteiger partial charge is 0.255 e. The van der Waals surface area contributed by atoms with Crippen LogP contribution < -0.4 is 10.1 Å². The predicted molar refractivity (Wildman–Crippen MR) is 123 cm³/mol. The Bertz CT molecular complexity index is 1150. The van der Waals surface area contributed by atoms with Crippen LogP contribution in [0.1, 0.15) is 15.9 Å². The molecule has 0 bridgehead atoms.